The van der Waals surface area contributed by atoms with Crippen LogP contribution in [0.4, 0.5) is 0 Å². The minimum atomic E-state index is -3.11. The molecule has 3 rings (SSSR count). The van der Waals surface area contributed by atoms with Crippen LogP contribution in [0, 0.1) is 20.8 Å². The summed E-state index contributed by atoms with van der Waals surface area (Å²) in [5.41, 5.74) is 5.31. The Balaban J connectivity index is 2.66. The molecule has 0 aliphatic carbocycles. The second-order valence-electron chi connectivity index (χ2n) is 9.09. The predicted octanol–water partition coefficient (Wildman–Crippen LogP) is 2.77. The van der Waals surface area contributed by atoms with Gasteiger partial charge in [-0.25, -0.2) is 0 Å². The molecule has 7 heteroatoms. The van der Waals surface area contributed by atoms with Crippen molar-refractivity contribution in [1.82, 2.24) is 0 Å². The molecule has 0 radical (unpaired) electrons. The Morgan fingerprint density at radius 2 is 1.06 bits per heavy atom. The van der Waals surface area contributed by atoms with Crippen molar-refractivity contribution in [2.45, 2.75) is 40.6 Å². The van der Waals surface area contributed by atoms with Crippen LogP contribution in [0.5, 0.6) is 17.2 Å². The molecule has 6 nitrogen and oxygen atoms in total. The number of methoxy groups -OCH3 is 3. The monoisotopic (exact) mass is 500 g/mol. The molecule has 0 aromatic heterocycles. The number of hydrogen-bond donors (Lipinski definition) is 3. The fourth-order valence-corrected chi connectivity index (χ4v) is 10.7. The Bertz CT molecular complexity index is 1170. The molecular formula is C28H37O6P. The van der Waals surface area contributed by atoms with Crippen molar-refractivity contribution in [3.63, 3.8) is 0 Å². The van der Waals surface area contributed by atoms with Crippen LogP contribution in [0.3, 0.4) is 0 Å². The number of rotatable bonds is 9. The molecule has 0 fully saturated rings. The number of hydrogen-bond acceptors (Lipinski definition) is 6. The topological polar surface area (TPSA) is 88.4 Å². The van der Waals surface area contributed by atoms with Crippen molar-refractivity contribution < 1.29 is 29.5 Å². The van der Waals surface area contributed by atoms with Gasteiger partial charge in [-0.3, -0.25) is 0 Å². The van der Waals surface area contributed by atoms with Gasteiger partial charge in [0.05, 0.1) is 0 Å². The van der Waals surface area contributed by atoms with Gasteiger partial charge in [0.25, 0.3) is 0 Å². The van der Waals surface area contributed by atoms with E-state index in [1.54, 1.807) is 21.3 Å². The summed E-state index contributed by atoms with van der Waals surface area (Å²) in [4.78, 5) is 0. The Morgan fingerprint density at radius 1 is 0.600 bits per heavy atom. The number of benzene rings is 3. The van der Waals surface area contributed by atoms with Crippen LogP contribution in [0.1, 0.15) is 33.4 Å². The zero-order chi connectivity index (χ0) is 25.9. The number of ether oxygens (including phenoxy) is 3. The van der Waals surface area contributed by atoms with Gasteiger partial charge in [0.15, 0.2) is 0 Å². The third-order valence-corrected chi connectivity index (χ3v) is 11.5. The van der Waals surface area contributed by atoms with Crippen molar-refractivity contribution >= 4 is 23.2 Å². The average molecular weight is 501 g/mol. The van der Waals surface area contributed by atoms with Crippen molar-refractivity contribution in [2.75, 3.05) is 28.0 Å². The van der Waals surface area contributed by atoms with Crippen LogP contribution in [0.2, 0.25) is 0 Å². The number of aliphatic hydroxyl groups is 3. The van der Waals surface area contributed by atoms with Crippen molar-refractivity contribution in [1.29, 1.82) is 0 Å². The number of aryl methyl sites for hydroxylation is 3. The van der Waals surface area contributed by atoms with Crippen LogP contribution in [-0.2, 0) is 19.8 Å². The summed E-state index contributed by atoms with van der Waals surface area (Å²) in [6, 6.07) is 11.7. The summed E-state index contributed by atoms with van der Waals surface area (Å²) < 4.78 is 17.7. The second-order valence-corrected chi connectivity index (χ2v) is 12.8. The molecule has 3 aromatic rings. The van der Waals surface area contributed by atoms with E-state index in [2.05, 4.69) is 12.7 Å². The van der Waals surface area contributed by atoms with Gasteiger partial charge in [0, 0.05) is 0 Å². The van der Waals surface area contributed by atoms with Crippen molar-refractivity contribution in [3.8, 4) is 17.2 Å². The van der Waals surface area contributed by atoms with E-state index in [9.17, 15) is 15.3 Å². The molecule has 0 bridgehead atoms. The van der Waals surface area contributed by atoms with Crippen LogP contribution in [-0.4, -0.2) is 43.3 Å². The van der Waals surface area contributed by atoms with Gasteiger partial charge >= 0.3 is 208 Å². The summed E-state index contributed by atoms with van der Waals surface area (Å²) in [6.45, 7) is 7.74. The maximum atomic E-state index is 10.5. The van der Waals surface area contributed by atoms with E-state index >= 15 is 0 Å². The fourth-order valence-electron chi connectivity index (χ4n) is 5.50. The molecule has 0 saturated heterocycles. The third kappa shape index (κ3) is 4.76. The zero-order valence-corrected chi connectivity index (χ0v) is 22.7. The molecule has 35 heavy (non-hydrogen) atoms. The van der Waals surface area contributed by atoms with Crippen LogP contribution >= 0.6 is 7.26 Å². The van der Waals surface area contributed by atoms with Gasteiger partial charge in [-0.15, -0.1) is 0 Å². The van der Waals surface area contributed by atoms with Crippen molar-refractivity contribution in [2.24, 2.45) is 0 Å². The molecule has 3 N–H and O–H groups in total. The summed E-state index contributed by atoms with van der Waals surface area (Å²) in [5.74, 6) is 1.83. The Kier molecular flexibility index (Phi) is 8.45. The van der Waals surface area contributed by atoms with E-state index in [4.69, 9.17) is 14.2 Å². The van der Waals surface area contributed by atoms with Gasteiger partial charge in [-0.05, 0) is 0 Å². The first-order chi connectivity index (χ1) is 16.7. The maximum absolute atomic E-state index is 10.5. The summed E-state index contributed by atoms with van der Waals surface area (Å²) in [7, 11) is 1.72. The normalized spacial score (nSPS) is 11.9. The Morgan fingerprint density at radius 3 is 1.51 bits per heavy atom. The zero-order valence-electron chi connectivity index (χ0n) is 21.7. The second kappa shape index (κ2) is 11.0. The summed E-state index contributed by atoms with van der Waals surface area (Å²) >= 11 is 0. The Hall–Kier alpha value is -2.63. The third-order valence-electron chi connectivity index (χ3n) is 6.70. The minimum absolute atomic E-state index is 0.136. The molecule has 0 spiro atoms. The van der Waals surface area contributed by atoms with Crippen LogP contribution in [0.25, 0.3) is 0 Å². The molecule has 0 aliphatic rings. The molecule has 190 valence electrons. The number of aliphatic hydroxyl groups excluding tert-OH is 3. The van der Waals surface area contributed by atoms with Crippen molar-refractivity contribution in [3.05, 3.63) is 69.8 Å². The van der Waals surface area contributed by atoms with Gasteiger partial charge in [-0.2, -0.15) is 0 Å². The molecule has 0 saturated carbocycles. The first kappa shape index (κ1) is 27.0. The molecule has 0 heterocycles. The molecule has 0 atom stereocenters. The molecule has 0 unspecified atom stereocenters. The van der Waals surface area contributed by atoms with Gasteiger partial charge in [-0.1, -0.05) is 0 Å². The fraction of sp³-hybridized carbons (Fsp3) is 0.357. The summed E-state index contributed by atoms with van der Waals surface area (Å²) in [5, 5.41) is 33.6. The predicted molar refractivity (Wildman–Crippen MR) is 144 cm³/mol. The van der Waals surface area contributed by atoms with Gasteiger partial charge in [0.2, 0.25) is 0 Å². The van der Waals surface area contributed by atoms with E-state index in [0.29, 0.717) is 22.8 Å². The van der Waals surface area contributed by atoms with E-state index in [1.165, 1.54) is 0 Å². The quantitative estimate of drug-likeness (QED) is 0.392. The van der Waals surface area contributed by atoms with E-state index in [0.717, 1.165) is 43.7 Å². The molecular weight excluding hydrogens is 463 g/mol. The molecule has 0 aliphatic heterocycles. The SMILES string of the molecule is COc1cc(C)cc(CO)c1[PH](C)(c1c(C)cc(C)cc1CO)c1c(OC)cc(CO)cc1OC. The van der Waals surface area contributed by atoms with E-state index in [1.807, 2.05) is 51.1 Å². The standard InChI is InChI=1S/C28H37O6P/c1-17-8-19(3)26(21(9-17)15-30)35(7,27-22(16-31)10-18(2)11-23(27)32-4)28-24(33-5)12-20(14-29)13-25(28)34-6/h8-13,29-31,35H,14-16H2,1-7H3. The average Bonchev–Trinajstić information content (AvgIpc) is 2.85. The van der Waals surface area contributed by atoms with E-state index < -0.39 is 7.26 Å². The first-order valence-corrected chi connectivity index (χ1v) is 14.1. The van der Waals surface area contributed by atoms with Crippen LogP contribution < -0.4 is 30.1 Å². The Labute approximate surface area is 208 Å². The van der Waals surface area contributed by atoms with Gasteiger partial charge < -0.3 is 0 Å². The van der Waals surface area contributed by atoms with E-state index in [-0.39, 0.29) is 19.8 Å². The molecule has 3 aromatic carbocycles. The van der Waals surface area contributed by atoms with Gasteiger partial charge in [0.1, 0.15) is 0 Å². The summed E-state index contributed by atoms with van der Waals surface area (Å²) in [6.07, 6.45) is 0. The molecule has 0 amide bonds. The van der Waals surface area contributed by atoms with Crippen LogP contribution in [0.15, 0.2) is 36.4 Å². The first-order valence-electron chi connectivity index (χ1n) is 11.6.